The summed E-state index contributed by atoms with van der Waals surface area (Å²) in [5.41, 5.74) is 6.80. The maximum atomic E-state index is 3.86. The standard InChI is InChI=1S/C21H31N/c1-10-16(3)19(22(8)9)21(6,7)20(4,5)18-14-12-17(11-2)13-15-18/h11-15,19H,1-2H2,3-9H3. The van der Waals surface area contributed by atoms with Crippen molar-refractivity contribution in [3.8, 4) is 0 Å². The monoisotopic (exact) mass is 297 g/mol. The molecular weight excluding hydrogens is 266 g/mol. The van der Waals surface area contributed by atoms with E-state index in [-0.39, 0.29) is 16.9 Å². The minimum Gasteiger partial charge on any atom is -0.302 e. The molecule has 1 nitrogen and oxygen atoms in total. The minimum absolute atomic E-state index is 0.000251. The van der Waals surface area contributed by atoms with Crippen molar-refractivity contribution in [2.45, 2.75) is 46.1 Å². The van der Waals surface area contributed by atoms with Crippen molar-refractivity contribution in [1.29, 1.82) is 0 Å². The smallest absolute Gasteiger partial charge is 0.0432 e. The highest BCUT2D eigenvalue weighted by molar-refractivity contribution is 5.48. The zero-order valence-electron chi connectivity index (χ0n) is 15.3. The summed E-state index contributed by atoms with van der Waals surface area (Å²) in [6.07, 6.45) is 1.88. The quantitative estimate of drug-likeness (QED) is 0.644. The first-order chi connectivity index (χ1) is 10.1. The lowest BCUT2D eigenvalue weighted by Gasteiger charge is -2.50. The minimum atomic E-state index is -0.000251. The topological polar surface area (TPSA) is 3.24 Å². The number of likely N-dealkylation sites (N-methyl/N-ethyl adjacent to an activating group) is 1. The highest BCUT2D eigenvalue weighted by Gasteiger charge is 2.45. The van der Waals surface area contributed by atoms with E-state index in [1.807, 2.05) is 6.08 Å². The molecule has 1 aromatic carbocycles. The predicted molar refractivity (Wildman–Crippen MR) is 99.1 cm³/mol. The Hall–Kier alpha value is -1.56. The Labute approximate surface area is 137 Å². The van der Waals surface area contributed by atoms with Crippen molar-refractivity contribution in [2.75, 3.05) is 14.1 Å². The van der Waals surface area contributed by atoms with Crippen LogP contribution >= 0.6 is 0 Å². The Morgan fingerprint density at radius 2 is 1.64 bits per heavy atom. The molecule has 0 radical (unpaired) electrons. The van der Waals surface area contributed by atoms with E-state index in [9.17, 15) is 0 Å². The third-order valence-corrected chi connectivity index (χ3v) is 5.37. The van der Waals surface area contributed by atoms with Crippen LogP contribution in [0.5, 0.6) is 0 Å². The Kier molecular flexibility index (Phi) is 5.62. The van der Waals surface area contributed by atoms with Crippen LogP contribution < -0.4 is 0 Å². The zero-order chi connectivity index (χ0) is 17.1. The number of nitrogens with zero attached hydrogens (tertiary/aromatic N) is 1. The van der Waals surface area contributed by atoms with Crippen LogP contribution in [0.4, 0.5) is 0 Å². The Morgan fingerprint density at radius 1 is 1.14 bits per heavy atom. The van der Waals surface area contributed by atoms with Gasteiger partial charge in [-0.3, -0.25) is 0 Å². The highest BCUT2D eigenvalue weighted by Crippen LogP contribution is 2.46. The van der Waals surface area contributed by atoms with Gasteiger partial charge < -0.3 is 4.90 Å². The van der Waals surface area contributed by atoms with Gasteiger partial charge in [-0.2, -0.15) is 0 Å². The Balaban J connectivity index is 3.37. The summed E-state index contributed by atoms with van der Waals surface area (Å²) < 4.78 is 0. The lowest BCUT2D eigenvalue weighted by molar-refractivity contribution is 0.0863. The van der Waals surface area contributed by atoms with Gasteiger partial charge in [0.25, 0.3) is 0 Å². The van der Waals surface area contributed by atoms with Crippen LogP contribution in [0.3, 0.4) is 0 Å². The molecule has 0 aromatic heterocycles. The largest absolute Gasteiger partial charge is 0.302 e. The second-order valence-electron chi connectivity index (χ2n) is 7.40. The first-order valence-electron chi connectivity index (χ1n) is 7.85. The molecule has 0 aliphatic rings. The van der Waals surface area contributed by atoms with Gasteiger partial charge in [-0.05, 0) is 48.5 Å². The zero-order valence-corrected chi connectivity index (χ0v) is 15.3. The second kappa shape index (κ2) is 6.69. The van der Waals surface area contributed by atoms with Crippen LogP contribution in [-0.4, -0.2) is 25.0 Å². The third kappa shape index (κ3) is 3.27. The van der Waals surface area contributed by atoms with Crippen molar-refractivity contribution < 1.29 is 0 Å². The van der Waals surface area contributed by atoms with Gasteiger partial charge >= 0.3 is 0 Å². The fourth-order valence-electron chi connectivity index (χ4n) is 3.42. The van der Waals surface area contributed by atoms with Crippen molar-refractivity contribution >= 4 is 6.08 Å². The van der Waals surface area contributed by atoms with Gasteiger partial charge in [-0.15, -0.1) is 5.73 Å². The molecule has 1 heteroatoms. The van der Waals surface area contributed by atoms with E-state index < -0.39 is 0 Å². The second-order valence-corrected chi connectivity index (χ2v) is 7.40. The van der Waals surface area contributed by atoms with Gasteiger partial charge in [0.1, 0.15) is 0 Å². The van der Waals surface area contributed by atoms with E-state index in [0.29, 0.717) is 0 Å². The summed E-state index contributed by atoms with van der Waals surface area (Å²) in [6.45, 7) is 19.1. The van der Waals surface area contributed by atoms with Crippen LogP contribution in [0.2, 0.25) is 0 Å². The summed E-state index contributed by atoms with van der Waals surface area (Å²) in [4.78, 5) is 2.27. The normalized spacial score (nSPS) is 13.6. The van der Waals surface area contributed by atoms with Crippen LogP contribution in [0.15, 0.2) is 48.7 Å². The third-order valence-electron chi connectivity index (χ3n) is 5.37. The molecule has 0 fully saturated rings. The van der Waals surface area contributed by atoms with E-state index in [1.165, 1.54) is 11.1 Å². The fraction of sp³-hybridized carbons (Fsp3) is 0.476. The molecule has 1 rings (SSSR count). The molecule has 1 aromatic rings. The summed E-state index contributed by atoms with van der Waals surface area (Å²) in [7, 11) is 4.26. The van der Waals surface area contributed by atoms with Gasteiger partial charge in [-0.25, -0.2) is 0 Å². The maximum absolute atomic E-state index is 3.86. The van der Waals surface area contributed by atoms with Crippen molar-refractivity contribution in [2.24, 2.45) is 5.41 Å². The first kappa shape index (κ1) is 18.5. The molecule has 0 heterocycles. The fourth-order valence-corrected chi connectivity index (χ4v) is 3.42. The molecule has 0 saturated heterocycles. The van der Waals surface area contributed by atoms with E-state index in [2.05, 4.69) is 96.8 Å². The molecule has 0 bridgehead atoms. The Bertz CT molecular complexity index is 566. The summed E-state index contributed by atoms with van der Waals surface area (Å²) >= 11 is 0. The molecule has 0 aliphatic heterocycles. The first-order valence-corrected chi connectivity index (χ1v) is 7.85. The lowest BCUT2D eigenvalue weighted by Crippen LogP contribution is -2.51. The number of hydrogen-bond acceptors (Lipinski definition) is 1. The van der Waals surface area contributed by atoms with Crippen LogP contribution in [0.1, 0.15) is 45.7 Å². The lowest BCUT2D eigenvalue weighted by atomic mass is 9.59. The highest BCUT2D eigenvalue weighted by atomic mass is 15.1. The van der Waals surface area contributed by atoms with E-state index in [1.54, 1.807) is 0 Å². The van der Waals surface area contributed by atoms with Gasteiger partial charge in [0.15, 0.2) is 0 Å². The SMILES string of the molecule is C=C=C(C)C(N(C)C)C(C)(C)C(C)(C)c1ccc(C=C)cc1. The van der Waals surface area contributed by atoms with Crippen LogP contribution in [0.25, 0.3) is 6.08 Å². The van der Waals surface area contributed by atoms with E-state index in [0.717, 1.165) is 5.56 Å². The summed E-state index contributed by atoms with van der Waals surface area (Å²) in [6, 6.07) is 9.00. The van der Waals surface area contributed by atoms with Crippen LogP contribution in [0, 0.1) is 5.41 Å². The molecule has 1 unspecified atom stereocenters. The summed E-state index contributed by atoms with van der Waals surface area (Å²) in [5, 5.41) is 0. The molecule has 0 aliphatic carbocycles. The molecular formula is C21H31N. The number of hydrogen-bond donors (Lipinski definition) is 0. The van der Waals surface area contributed by atoms with Crippen molar-refractivity contribution in [1.82, 2.24) is 4.90 Å². The number of rotatable bonds is 6. The molecule has 1 atom stereocenters. The van der Waals surface area contributed by atoms with Gasteiger partial charge in [0.2, 0.25) is 0 Å². The molecule has 0 saturated carbocycles. The molecule has 22 heavy (non-hydrogen) atoms. The average molecular weight is 297 g/mol. The molecule has 0 N–H and O–H groups in total. The molecule has 0 amide bonds. The summed E-state index contributed by atoms with van der Waals surface area (Å²) in [5.74, 6) is 0. The van der Waals surface area contributed by atoms with Gasteiger partial charge in [-0.1, -0.05) is 71.2 Å². The average Bonchev–Trinajstić information content (AvgIpc) is 2.46. The van der Waals surface area contributed by atoms with Crippen LogP contribution in [-0.2, 0) is 5.41 Å². The van der Waals surface area contributed by atoms with Gasteiger partial charge in [0, 0.05) is 6.04 Å². The van der Waals surface area contributed by atoms with Crippen molar-refractivity contribution in [3.63, 3.8) is 0 Å². The number of benzene rings is 1. The maximum Gasteiger partial charge on any atom is 0.0432 e. The van der Waals surface area contributed by atoms with E-state index >= 15 is 0 Å². The molecule has 0 spiro atoms. The van der Waals surface area contributed by atoms with Crippen molar-refractivity contribution in [3.05, 3.63) is 59.9 Å². The van der Waals surface area contributed by atoms with E-state index in [4.69, 9.17) is 0 Å². The Morgan fingerprint density at radius 3 is 2.00 bits per heavy atom. The predicted octanol–water partition coefficient (Wildman–Crippen LogP) is 5.29. The van der Waals surface area contributed by atoms with Gasteiger partial charge in [0.05, 0.1) is 0 Å². The molecule has 120 valence electrons.